The van der Waals surface area contributed by atoms with E-state index in [-0.39, 0.29) is 11.3 Å². The van der Waals surface area contributed by atoms with Crippen LogP contribution in [0.15, 0.2) is 0 Å². The second-order valence-corrected chi connectivity index (χ2v) is 11.0. The Morgan fingerprint density at radius 1 is 0.871 bits per heavy atom. The van der Waals surface area contributed by atoms with Crippen LogP contribution < -0.4 is 5.32 Å². The third kappa shape index (κ3) is 7.76. The highest BCUT2D eigenvalue weighted by Gasteiger charge is 2.52. The Hall–Kier alpha value is -1.10. The molecule has 0 spiro atoms. The van der Waals surface area contributed by atoms with Gasteiger partial charge in [-0.3, -0.25) is 9.59 Å². The van der Waals surface area contributed by atoms with Crippen LogP contribution in [0.25, 0.3) is 0 Å². The van der Waals surface area contributed by atoms with Crippen LogP contribution in [-0.2, 0) is 9.59 Å². The molecule has 1 amide bonds. The molecule has 5 heteroatoms. The highest BCUT2D eigenvalue weighted by molar-refractivity contribution is 5.80. The molecule has 3 N–H and O–H groups in total. The van der Waals surface area contributed by atoms with Crippen molar-refractivity contribution in [2.45, 2.75) is 122 Å². The molecule has 0 saturated heterocycles. The predicted molar refractivity (Wildman–Crippen MR) is 123 cm³/mol. The van der Waals surface area contributed by atoms with Gasteiger partial charge in [0.25, 0.3) is 0 Å². The number of amides is 1. The molecule has 5 nitrogen and oxygen atoms in total. The smallest absolute Gasteiger partial charge is 0.303 e. The summed E-state index contributed by atoms with van der Waals surface area (Å²) in [5.74, 6) is 1.71. The summed E-state index contributed by atoms with van der Waals surface area (Å²) in [6.07, 6.45) is 19.2. The van der Waals surface area contributed by atoms with Gasteiger partial charge in [-0.25, -0.2) is 0 Å². The van der Waals surface area contributed by atoms with E-state index in [9.17, 15) is 14.7 Å². The average molecular weight is 436 g/mol. The highest BCUT2D eigenvalue weighted by atomic mass is 16.4. The molecule has 3 aliphatic carbocycles. The molecule has 0 heterocycles. The Morgan fingerprint density at radius 3 is 2.23 bits per heavy atom. The van der Waals surface area contributed by atoms with Crippen molar-refractivity contribution in [1.29, 1.82) is 0 Å². The predicted octanol–water partition coefficient (Wildman–Crippen LogP) is 5.45. The summed E-state index contributed by atoms with van der Waals surface area (Å²) in [6, 6.07) is 0. The van der Waals surface area contributed by atoms with Gasteiger partial charge in [0, 0.05) is 13.0 Å². The molecule has 5 unspecified atom stereocenters. The van der Waals surface area contributed by atoms with Crippen molar-refractivity contribution in [2.24, 2.45) is 23.2 Å². The molecule has 3 aliphatic rings. The lowest BCUT2D eigenvalue weighted by Gasteiger charge is -2.39. The fourth-order valence-electron chi connectivity index (χ4n) is 7.04. The number of carbonyl (C=O) groups excluding carboxylic acids is 1. The summed E-state index contributed by atoms with van der Waals surface area (Å²) >= 11 is 0. The Kier molecular flexibility index (Phi) is 9.68. The summed E-state index contributed by atoms with van der Waals surface area (Å²) < 4.78 is 0. The van der Waals surface area contributed by atoms with Crippen LogP contribution in [-0.4, -0.2) is 34.7 Å². The molecule has 5 atom stereocenters. The van der Waals surface area contributed by atoms with Crippen LogP contribution in [0.2, 0.25) is 0 Å². The van der Waals surface area contributed by atoms with Gasteiger partial charge < -0.3 is 15.5 Å². The highest BCUT2D eigenvalue weighted by Crippen LogP contribution is 2.61. The number of hydrogen-bond acceptors (Lipinski definition) is 3. The lowest BCUT2D eigenvalue weighted by molar-refractivity contribution is -0.137. The first-order valence-electron chi connectivity index (χ1n) is 13.1. The molecule has 0 radical (unpaired) electrons. The van der Waals surface area contributed by atoms with E-state index in [1.54, 1.807) is 0 Å². The number of nitrogens with one attached hydrogen (secondary N) is 1. The molecule has 3 rings (SSSR count). The number of fused-ring (bicyclic) bond motifs is 2. The van der Waals surface area contributed by atoms with Crippen LogP contribution in [0.4, 0.5) is 0 Å². The minimum atomic E-state index is -0.835. The van der Waals surface area contributed by atoms with Gasteiger partial charge in [-0.1, -0.05) is 64.2 Å². The molecule has 178 valence electrons. The topological polar surface area (TPSA) is 86.6 Å². The van der Waals surface area contributed by atoms with E-state index >= 15 is 0 Å². The van der Waals surface area contributed by atoms with E-state index in [0.717, 1.165) is 49.9 Å². The van der Waals surface area contributed by atoms with E-state index in [2.05, 4.69) is 5.32 Å². The first-order chi connectivity index (χ1) is 15.0. The molecular weight excluding hydrogens is 390 g/mol. The lowest BCUT2D eigenvalue weighted by atomic mass is 9.67. The molecule has 3 bridgehead atoms. The molecule has 0 aromatic rings. The summed E-state index contributed by atoms with van der Waals surface area (Å²) in [7, 11) is 0. The lowest BCUT2D eigenvalue weighted by Crippen LogP contribution is -2.40. The Morgan fingerprint density at radius 2 is 1.52 bits per heavy atom. The van der Waals surface area contributed by atoms with E-state index < -0.39 is 12.1 Å². The maximum Gasteiger partial charge on any atom is 0.303 e. The number of carbonyl (C=O) groups is 2. The van der Waals surface area contributed by atoms with Crippen LogP contribution in [0.3, 0.4) is 0 Å². The van der Waals surface area contributed by atoms with Gasteiger partial charge in [-0.15, -0.1) is 0 Å². The minimum absolute atomic E-state index is 0.157. The van der Waals surface area contributed by atoms with Crippen molar-refractivity contribution in [3.63, 3.8) is 0 Å². The van der Waals surface area contributed by atoms with Crippen LogP contribution in [0.5, 0.6) is 0 Å². The van der Waals surface area contributed by atoms with Crippen molar-refractivity contribution >= 4 is 11.9 Å². The van der Waals surface area contributed by atoms with Gasteiger partial charge in [0.2, 0.25) is 5.91 Å². The number of carboxylic acid groups (broad SMARTS) is 1. The molecule has 0 aromatic heterocycles. The number of aliphatic hydroxyl groups excluding tert-OH is 1. The average Bonchev–Trinajstić information content (AvgIpc) is 2.87. The largest absolute Gasteiger partial charge is 0.481 e. The van der Waals surface area contributed by atoms with Gasteiger partial charge in [0.15, 0.2) is 0 Å². The van der Waals surface area contributed by atoms with Gasteiger partial charge in [-0.05, 0) is 68.1 Å². The molecule has 0 aromatic carbocycles. The summed E-state index contributed by atoms with van der Waals surface area (Å²) in [5.41, 5.74) is 0.239. The van der Waals surface area contributed by atoms with E-state index in [4.69, 9.17) is 5.11 Å². The fourth-order valence-corrected chi connectivity index (χ4v) is 7.04. The summed E-state index contributed by atoms with van der Waals surface area (Å²) in [6.45, 7) is 0.673. The zero-order valence-corrected chi connectivity index (χ0v) is 19.5. The van der Waals surface area contributed by atoms with Crippen molar-refractivity contribution < 1.29 is 19.8 Å². The zero-order valence-electron chi connectivity index (χ0n) is 19.5. The number of unbranched alkanes of at least 4 members (excludes halogenated alkanes) is 8. The first kappa shape index (κ1) is 24.5. The van der Waals surface area contributed by atoms with Crippen molar-refractivity contribution in [3.8, 4) is 0 Å². The molecular formula is C26H45NO4. The molecule has 31 heavy (non-hydrogen) atoms. The van der Waals surface area contributed by atoms with E-state index in [1.807, 2.05) is 0 Å². The summed E-state index contributed by atoms with van der Waals surface area (Å²) in [4.78, 5) is 22.9. The fraction of sp³-hybridized carbons (Fsp3) is 0.923. The Balaban J connectivity index is 1.20. The van der Waals surface area contributed by atoms with E-state index in [0.29, 0.717) is 19.4 Å². The minimum Gasteiger partial charge on any atom is -0.481 e. The normalized spacial score (nSPS) is 30.2. The third-order valence-electron chi connectivity index (χ3n) is 8.40. The quantitative estimate of drug-likeness (QED) is 0.299. The zero-order chi connectivity index (χ0) is 22.1. The van der Waals surface area contributed by atoms with Crippen molar-refractivity contribution in [3.05, 3.63) is 0 Å². The Labute approximate surface area is 188 Å². The number of hydrogen-bond donors (Lipinski definition) is 3. The maximum absolute atomic E-state index is 12.4. The number of aliphatic carboxylic acids is 1. The molecule has 3 saturated carbocycles. The van der Waals surface area contributed by atoms with E-state index in [1.165, 1.54) is 70.6 Å². The van der Waals surface area contributed by atoms with Gasteiger partial charge in [0.1, 0.15) is 6.10 Å². The first-order valence-corrected chi connectivity index (χ1v) is 13.1. The monoisotopic (exact) mass is 435 g/mol. The maximum atomic E-state index is 12.4. The number of aliphatic hydroxyl groups is 1. The van der Waals surface area contributed by atoms with Crippen LogP contribution in [0.1, 0.15) is 116 Å². The van der Waals surface area contributed by atoms with Crippen LogP contribution in [0, 0.1) is 23.2 Å². The second kappa shape index (κ2) is 12.2. The third-order valence-corrected chi connectivity index (χ3v) is 8.40. The van der Waals surface area contributed by atoms with Crippen LogP contribution >= 0.6 is 0 Å². The molecule has 0 aliphatic heterocycles. The van der Waals surface area contributed by atoms with Gasteiger partial charge in [-0.2, -0.15) is 0 Å². The van der Waals surface area contributed by atoms with Gasteiger partial charge in [0.05, 0.1) is 0 Å². The standard InChI is InChI=1S/C26H45NO4/c28-23(19-26-16-20-11-10-12-21(17-26)22(15-20)18-26)25(31)27-14-9-7-5-3-1-2-4-6-8-13-24(29)30/h20-23,28H,1-19H2,(H,27,31)(H,29,30). The molecule has 3 fully saturated rings. The second-order valence-electron chi connectivity index (χ2n) is 11.0. The SMILES string of the molecule is O=C(O)CCCCCCCCCCCNC(=O)C(O)CC12CC3CCCC(C1)C(C3)C2. The van der Waals surface area contributed by atoms with Crippen molar-refractivity contribution in [1.82, 2.24) is 5.32 Å². The van der Waals surface area contributed by atoms with Crippen molar-refractivity contribution in [2.75, 3.05) is 6.54 Å². The Bertz CT molecular complexity index is 576. The van der Waals surface area contributed by atoms with Gasteiger partial charge >= 0.3 is 5.97 Å². The summed E-state index contributed by atoms with van der Waals surface area (Å²) in [5, 5.41) is 22.2. The number of carboxylic acids is 1. The number of rotatable bonds is 15.